The van der Waals surface area contributed by atoms with Crippen molar-refractivity contribution in [2.75, 3.05) is 31.6 Å². The summed E-state index contributed by atoms with van der Waals surface area (Å²) in [6.45, 7) is 7.24. The van der Waals surface area contributed by atoms with E-state index in [0.29, 0.717) is 31.4 Å². The summed E-state index contributed by atoms with van der Waals surface area (Å²) in [7, 11) is 0. The molecule has 1 heterocycles. The van der Waals surface area contributed by atoms with Gasteiger partial charge in [0.2, 0.25) is 0 Å². The van der Waals surface area contributed by atoms with E-state index < -0.39 is 6.10 Å². The maximum absolute atomic E-state index is 11.7. The molecule has 0 aromatic carbocycles. The Morgan fingerprint density at radius 2 is 2.45 bits per heavy atom. The molecule has 1 rings (SSSR count). The average Bonchev–Trinajstić information content (AvgIpc) is 2.47. The molecule has 0 aliphatic carbocycles. The van der Waals surface area contributed by atoms with Gasteiger partial charge in [-0.3, -0.25) is 9.79 Å². The molecule has 0 saturated carbocycles. The van der Waals surface area contributed by atoms with Gasteiger partial charge in [-0.15, -0.1) is 0 Å². The highest BCUT2D eigenvalue weighted by molar-refractivity contribution is 9.09. The molecule has 1 fully saturated rings. The SMILES string of the molecule is C=C/C(=C\CC(C)=NCC(O)CBr)N1CCOCC1=O. The van der Waals surface area contributed by atoms with Crippen LogP contribution in [0, 0.1) is 0 Å². The first-order valence-electron chi connectivity index (χ1n) is 6.53. The van der Waals surface area contributed by atoms with Crippen LogP contribution < -0.4 is 0 Å². The van der Waals surface area contributed by atoms with Crippen LogP contribution in [0.3, 0.4) is 0 Å². The second-order valence-corrected chi connectivity index (χ2v) is 5.17. The Labute approximate surface area is 128 Å². The highest BCUT2D eigenvalue weighted by Crippen LogP contribution is 2.11. The van der Waals surface area contributed by atoms with E-state index in [1.54, 1.807) is 11.0 Å². The number of hydrogen-bond acceptors (Lipinski definition) is 4. The third kappa shape index (κ3) is 5.56. The molecular weight excluding hydrogens is 324 g/mol. The van der Waals surface area contributed by atoms with E-state index in [9.17, 15) is 9.90 Å². The van der Waals surface area contributed by atoms with E-state index in [1.807, 2.05) is 13.0 Å². The van der Waals surface area contributed by atoms with E-state index in [1.165, 1.54) is 0 Å². The number of halogens is 1. The van der Waals surface area contributed by atoms with Crippen molar-refractivity contribution in [3.8, 4) is 0 Å². The molecule has 0 aromatic rings. The minimum Gasteiger partial charge on any atom is -0.390 e. The molecule has 20 heavy (non-hydrogen) atoms. The van der Waals surface area contributed by atoms with Gasteiger partial charge in [-0.1, -0.05) is 28.6 Å². The van der Waals surface area contributed by atoms with Crippen LogP contribution in [0.25, 0.3) is 0 Å². The number of morpholine rings is 1. The lowest BCUT2D eigenvalue weighted by atomic mass is 10.2. The van der Waals surface area contributed by atoms with Crippen molar-refractivity contribution in [1.29, 1.82) is 0 Å². The Balaban J connectivity index is 2.60. The molecule has 1 atom stereocenters. The zero-order valence-electron chi connectivity index (χ0n) is 11.7. The van der Waals surface area contributed by atoms with Crippen molar-refractivity contribution >= 4 is 27.5 Å². The van der Waals surface area contributed by atoms with E-state index in [0.717, 1.165) is 11.4 Å². The Bertz CT molecular complexity index is 407. The molecule has 1 N–H and O–H groups in total. The standard InChI is InChI=1S/C14H21BrN2O3/c1-3-12(17-6-7-20-10-14(17)19)5-4-11(2)16-9-13(18)8-15/h3,5,13,18H,1,4,6-10H2,2H3/b12-5+,16-11?. The van der Waals surface area contributed by atoms with Crippen molar-refractivity contribution in [2.45, 2.75) is 19.4 Å². The number of allylic oxidation sites excluding steroid dienone is 2. The van der Waals surface area contributed by atoms with Crippen LogP contribution in [0.2, 0.25) is 0 Å². The average molecular weight is 345 g/mol. The van der Waals surface area contributed by atoms with Gasteiger partial charge in [0.25, 0.3) is 5.91 Å². The molecule has 1 aliphatic rings. The first-order valence-corrected chi connectivity index (χ1v) is 7.65. The topological polar surface area (TPSA) is 62.1 Å². The van der Waals surface area contributed by atoms with Gasteiger partial charge in [0, 0.05) is 29.7 Å². The van der Waals surface area contributed by atoms with Gasteiger partial charge in [-0.05, 0) is 13.0 Å². The van der Waals surface area contributed by atoms with E-state index in [-0.39, 0.29) is 12.5 Å². The fraction of sp³-hybridized carbons (Fsp3) is 0.571. The van der Waals surface area contributed by atoms with Crippen LogP contribution in [0.1, 0.15) is 13.3 Å². The monoisotopic (exact) mass is 344 g/mol. The smallest absolute Gasteiger partial charge is 0.253 e. The molecule has 0 bridgehead atoms. The Kier molecular flexibility index (Phi) is 7.72. The summed E-state index contributed by atoms with van der Waals surface area (Å²) in [5.41, 5.74) is 1.69. The van der Waals surface area contributed by atoms with Crippen LogP contribution in [0.5, 0.6) is 0 Å². The normalized spacial score (nSPS) is 19.1. The fourth-order valence-corrected chi connectivity index (χ4v) is 1.93. The number of aliphatic imine (C=N–C) groups is 1. The van der Waals surface area contributed by atoms with E-state index in [2.05, 4.69) is 27.5 Å². The predicted octanol–water partition coefficient (Wildman–Crippen LogP) is 1.52. The number of rotatable bonds is 7. The number of amides is 1. The van der Waals surface area contributed by atoms with Crippen LogP contribution in [-0.4, -0.2) is 59.4 Å². The minimum atomic E-state index is -0.464. The van der Waals surface area contributed by atoms with Gasteiger partial charge in [0.05, 0.1) is 19.3 Å². The number of hydrogen-bond donors (Lipinski definition) is 1. The highest BCUT2D eigenvalue weighted by atomic mass is 79.9. The van der Waals surface area contributed by atoms with Crippen LogP contribution in [0.4, 0.5) is 0 Å². The number of aliphatic hydroxyl groups excluding tert-OH is 1. The Hall–Kier alpha value is -0.980. The Morgan fingerprint density at radius 1 is 1.70 bits per heavy atom. The molecule has 112 valence electrons. The summed E-state index contributed by atoms with van der Waals surface area (Å²) in [5, 5.41) is 9.93. The maximum Gasteiger partial charge on any atom is 0.253 e. The number of carbonyl (C=O) groups excluding carboxylic acids is 1. The molecule has 1 amide bonds. The predicted molar refractivity (Wildman–Crippen MR) is 83.2 cm³/mol. The van der Waals surface area contributed by atoms with Crippen molar-refractivity contribution < 1.29 is 14.6 Å². The lowest BCUT2D eigenvalue weighted by molar-refractivity contribution is -0.139. The van der Waals surface area contributed by atoms with E-state index >= 15 is 0 Å². The lowest BCUT2D eigenvalue weighted by Crippen LogP contribution is -2.40. The van der Waals surface area contributed by atoms with Crippen molar-refractivity contribution in [2.24, 2.45) is 4.99 Å². The molecule has 1 aliphatic heterocycles. The second kappa shape index (κ2) is 9.05. The van der Waals surface area contributed by atoms with Gasteiger partial charge in [0.15, 0.2) is 0 Å². The maximum atomic E-state index is 11.7. The van der Waals surface area contributed by atoms with Gasteiger partial charge < -0.3 is 14.7 Å². The number of nitrogens with zero attached hydrogens (tertiary/aromatic N) is 2. The fourth-order valence-electron chi connectivity index (χ4n) is 1.72. The largest absolute Gasteiger partial charge is 0.390 e. The number of alkyl halides is 1. The van der Waals surface area contributed by atoms with Gasteiger partial charge >= 0.3 is 0 Å². The second-order valence-electron chi connectivity index (χ2n) is 4.52. The molecule has 5 nitrogen and oxygen atoms in total. The molecular formula is C14H21BrN2O3. The van der Waals surface area contributed by atoms with Gasteiger partial charge in [-0.25, -0.2) is 0 Å². The molecule has 0 aromatic heterocycles. The summed E-state index contributed by atoms with van der Waals surface area (Å²) >= 11 is 3.20. The molecule has 0 radical (unpaired) electrons. The van der Waals surface area contributed by atoms with Crippen LogP contribution in [0.15, 0.2) is 29.4 Å². The summed E-state index contributed by atoms with van der Waals surface area (Å²) < 4.78 is 5.10. The molecule has 0 spiro atoms. The van der Waals surface area contributed by atoms with Crippen molar-refractivity contribution in [1.82, 2.24) is 4.90 Å². The lowest BCUT2D eigenvalue weighted by Gasteiger charge is -2.27. The van der Waals surface area contributed by atoms with Crippen molar-refractivity contribution in [3.63, 3.8) is 0 Å². The van der Waals surface area contributed by atoms with Gasteiger partial charge in [0.1, 0.15) is 6.61 Å². The van der Waals surface area contributed by atoms with Crippen LogP contribution in [-0.2, 0) is 9.53 Å². The first kappa shape index (κ1) is 17.1. The first-order chi connectivity index (χ1) is 9.58. The quantitative estimate of drug-likeness (QED) is 0.432. The number of aliphatic hydroxyl groups is 1. The summed E-state index contributed by atoms with van der Waals surface area (Å²) in [6, 6.07) is 0. The number of carbonyl (C=O) groups is 1. The third-order valence-corrected chi connectivity index (χ3v) is 3.61. The Morgan fingerprint density at radius 3 is 3.05 bits per heavy atom. The zero-order chi connectivity index (χ0) is 15.0. The molecule has 1 unspecified atom stereocenters. The van der Waals surface area contributed by atoms with E-state index in [4.69, 9.17) is 4.74 Å². The molecule has 1 saturated heterocycles. The molecule has 6 heteroatoms. The van der Waals surface area contributed by atoms with Crippen LogP contribution >= 0.6 is 15.9 Å². The third-order valence-electron chi connectivity index (χ3n) is 2.86. The van der Waals surface area contributed by atoms with Crippen molar-refractivity contribution in [3.05, 3.63) is 24.4 Å². The summed E-state index contributed by atoms with van der Waals surface area (Å²) in [4.78, 5) is 17.7. The minimum absolute atomic E-state index is 0.0493. The van der Waals surface area contributed by atoms with Gasteiger partial charge in [-0.2, -0.15) is 0 Å². The number of ether oxygens (including phenoxy) is 1. The summed E-state index contributed by atoms with van der Waals surface area (Å²) in [5.74, 6) is -0.0493. The zero-order valence-corrected chi connectivity index (χ0v) is 13.3. The summed E-state index contributed by atoms with van der Waals surface area (Å²) in [6.07, 6.45) is 3.76. The highest BCUT2D eigenvalue weighted by Gasteiger charge is 2.20.